The van der Waals surface area contributed by atoms with Crippen LogP contribution in [0.2, 0.25) is 0 Å². The Labute approximate surface area is 77.3 Å². The fourth-order valence-electron chi connectivity index (χ4n) is 0.470. The van der Waals surface area contributed by atoms with Crippen LogP contribution in [-0.4, -0.2) is 24.4 Å². The molecule has 0 spiro atoms. The highest BCUT2D eigenvalue weighted by Gasteiger charge is 2.05. The second-order valence-corrected chi connectivity index (χ2v) is 2.30. The molecule has 2 amide bonds. The predicted octanol–water partition coefficient (Wildman–Crippen LogP) is -1.25. The maximum atomic E-state index is 10.7. The Morgan fingerprint density at radius 2 is 2.00 bits per heavy atom. The topological polar surface area (TPSA) is 98.2 Å². The van der Waals surface area contributed by atoms with Crippen LogP contribution in [0.5, 0.6) is 0 Å². The smallest absolute Gasteiger partial charge is 0.236 e. The molecule has 0 rings (SSSR count). The minimum atomic E-state index is -0.539. The number of carbonyl (C=O) groups is 2. The van der Waals surface area contributed by atoms with Crippen LogP contribution in [0.4, 0.5) is 0 Å². The Morgan fingerprint density at radius 3 is 2.33 bits per heavy atom. The summed E-state index contributed by atoms with van der Waals surface area (Å²) in [5.41, 5.74) is 10.1. The van der Waals surface area contributed by atoms with Gasteiger partial charge in [-0.3, -0.25) is 9.59 Å². The minimum Gasteiger partial charge on any atom is -0.370 e. The quantitative estimate of drug-likeness (QED) is 0.523. The second-order valence-electron chi connectivity index (χ2n) is 2.30. The van der Waals surface area contributed by atoms with Crippen molar-refractivity contribution in [1.82, 2.24) is 5.32 Å². The van der Waals surface area contributed by atoms with E-state index in [0.717, 1.165) is 0 Å². The lowest BCUT2D eigenvalue weighted by Gasteiger charge is -2.05. The Hall–Kier alpha value is -0.810. The van der Waals surface area contributed by atoms with E-state index >= 15 is 0 Å². The molecule has 12 heavy (non-hydrogen) atoms. The zero-order valence-corrected chi connectivity index (χ0v) is 7.69. The van der Waals surface area contributed by atoms with Crippen molar-refractivity contribution < 1.29 is 9.59 Å². The molecular weight excluding hydrogens is 182 g/mol. The van der Waals surface area contributed by atoms with Crippen molar-refractivity contribution in [1.29, 1.82) is 0 Å². The van der Waals surface area contributed by atoms with Gasteiger partial charge in [-0.1, -0.05) is 0 Å². The lowest BCUT2D eigenvalue weighted by molar-refractivity contribution is -0.122. The van der Waals surface area contributed by atoms with Gasteiger partial charge in [-0.05, 0) is 6.92 Å². The van der Waals surface area contributed by atoms with Crippen LogP contribution in [0.15, 0.2) is 0 Å². The first-order valence-corrected chi connectivity index (χ1v) is 3.35. The van der Waals surface area contributed by atoms with Crippen molar-refractivity contribution in [3.63, 3.8) is 0 Å². The summed E-state index contributed by atoms with van der Waals surface area (Å²) in [6.07, 6.45) is 0.151. The first-order valence-electron chi connectivity index (χ1n) is 3.35. The lowest BCUT2D eigenvalue weighted by atomic mass is 10.3. The summed E-state index contributed by atoms with van der Waals surface area (Å²) in [5.74, 6) is -0.707. The summed E-state index contributed by atoms with van der Waals surface area (Å²) < 4.78 is 0. The Bertz CT molecular complexity index is 161. The van der Waals surface area contributed by atoms with Crippen LogP contribution in [0.3, 0.4) is 0 Å². The van der Waals surface area contributed by atoms with Crippen molar-refractivity contribution in [2.45, 2.75) is 19.4 Å². The lowest BCUT2D eigenvalue weighted by Crippen LogP contribution is -2.39. The van der Waals surface area contributed by atoms with E-state index in [0.29, 0.717) is 0 Å². The molecule has 0 aromatic carbocycles. The summed E-state index contributed by atoms with van der Waals surface area (Å²) in [6, 6.07) is -0.539. The van der Waals surface area contributed by atoms with Gasteiger partial charge in [0, 0.05) is 13.0 Å². The van der Waals surface area contributed by atoms with Crippen LogP contribution in [0.1, 0.15) is 13.3 Å². The van der Waals surface area contributed by atoms with E-state index in [-0.39, 0.29) is 31.3 Å². The Balaban J connectivity index is 0. The van der Waals surface area contributed by atoms with Crippen molar-refractivity contribution in [2.75, 3.05) is 6.54 Å². The van der Waals surface area contributed by atoms with Gasteiger partial charge in [0.2, 0.25) is 11.8 Å². The Morgan fingerprint density at radius 1 is 1.50 bits per heavy atom. The van der Waals surface area contributed by atoms with Crippen LogP contribution in [0, 0.1) is 0 Å². The number of rotatable bonds is 4. The zero-order chi connectivity index (χ0) is 8.85. The molecule has 0 radical (unpaired) electrons. The third-order valence-electron chi connectivity index (χ3n) is 1.08. The first kappa shape index (κ1) is 13.8. The van der Waals surface area contributed by atoms with Gasteiger partial charge >= 0.3 is 0 Å². The molecule has 6 heteroatoms. The number of primary amides is 1. The Kier molecular flexibility index (Phi) is 7.88. The average Bonchev–Trinajstić information content (AvgIpc) is 1.86. The third kappa shape index (κ3) is 7.30. The van der Waals surface area contributed by atoms with Gasteiger partial charge in [0.05, 0.1) is 6.04 Å². The molecular formula is C6H14ClN3O2. The third-order valence-corrected chi connectivity index (χ3v) is 1.08. The van der Waals surface area contributed by atoms with Gasteiger partial charge in [0.15, 0.2) is 0 Å². The van der Waals surface area contributed by atoms with Crippen molar-refractivity contribution in [2.24, 2.45) is 11.5 Å². The largest absolute Gasteiger partial charge is 0.370 e. The normalized spacial score (nSPS) is 11.2. The van der Waals surface area contributed by atoms with E-state index in [1.165, 1.54) is 0 Å². The highest BCUT2D eigenvalue weighted by molar-refractivity contribution is 5.85. The minimum absolute atomic E-state index is 0. The molecule has 0 aliphatic rings. The molecule has 0 aromatic heterocycles. The van der Waals surface area contributed by atoms with Crippen LogP contribution >= 0.6 is 12.4 Å². The number of nitrogens with two attached hydrogens (primary N) is 2. The van der Waals surface area contributed by atoms with E-state index in [2.05, 4.69) is 5.32 Å². The van der Waals surface area contributed by atoms with E-state index in [4.69, 9.17) is 11.5 Å². The number of amides is 2. The fraction of sp³-hybridized carbons (Fsp3) is 0.667. The van der Waals surface area contributed by atoms with Crippen molar-refractivity contribution in [3.05, 3.63) is 0 Å². The van der Waals surface area contributed by atoms with Gasteiger partial charge in [-0.15, -0.1) is 12.4 Å². The van der Waals surface area contributed by atoms with E-state index < -0.39 is 11.9 Å². The van der Waals surface area contributed by atoms with E-state index in [9.17, 15) is 9.59 Å². The monoisotopic (exact) mass is 195 g/mol. The first-order chi connectivity index (χ1) is 5.04. The predicted molar refractivity (Wildman–Crippen MR) is 47.7 cm³/mol. The number of carbonyl (C=O) groups excluding carboxylic acids is 2. The molecule has 72 valence electrons. The highest BCUT2D eigenvalue weighted by Crippen LogP contribution is 1.77. The van der Waals surface area contributed by atoms with Gasteiger partial charge in [-0.2, -0.15) is 0 Å². The van der Waals surface area contributed by atoms with Gasteiger partial charge in [0.25, 0.3) is 0 Å². The summed E-state index contributed by atoms with van der Waals surface area (Å²) in [5, 5.41) is 2.45. The molecule has 0 aliphatic heterocycles. The number of hydrogen-bond acceptors (Lipinski definition) is 3. The van der Waals surface area contributed by atoms with Crippen LogP contribution in [0.25, 0.3) is 0 Å². The average molecular weight is 196 g/mol. The summed E-state index contributed by atoms with van der Waals surface area (Å²) in [6.45, 7) is 1.83. The van der Waals surface area contributed by atoms with Crippen molar-refractivity contribution in [3.8, 4) is 0 Å². The molecule has 0 aromatic rings. The van der Waals surface area contributed by atoms with Crippen molar-refractivity contribution >= 4 is 24.2 Å². The summed E-state index contributed by atoms with van der Waals surface area (Å²) >= 11 is 0. The molecule has 0 bridgehead atoms. The standard InChI is InChI=1S/C6H13N3O2.ClH/c1-4(7)6(11)9-3-2-5(8)10;/h4H,2-3,7H2,1H3,(H2,8,10)(H,9,11);1H. The molecule has 0 saturated carbocycles. The number of hydrogen-bond donors (Lipinski definition) is 3. The van der Waals surface area contributed by atoms with Gasteiger partial charge < -0.3 is 16.8 Å². The fourth-order valence-corrected chi connectivity index (χ4v) is 0.470. The molecule has 5 N–H and O–H groups in total. The SMILES string of the molecule is CC(N)C(=O)NCCC(N)=O.Cl. The van der Waals surface area contributed by atoms with Gasteiger partial charge in [0.1, 0.15) is 0 Å². The molecule has 0 heterocycles. The van der Waals surface area contributed by atoms with E-state index in [1.807, 2.05) is 0 Å². The maximum Gasteiger partial charge on any atom is 0.236 e. The number of nitrogens with one attached hydrogen (secondary N) is 1. The molecule has 5 nitrogen and oxygen atoms in total. The molecule has 0 fully saturated rings. The number of halogens is 1. The van der Waals surface area contributed by atoms with Gasteiger partial charge in [-0.25, -0.2) is 0 Å². The zero-order valence-electron chi connectivity index (χ0n) is 6.87. The molecule has 0 aliphatic carbocycles. The molecule has 1 atom stereocenters. The second kappa shape index (κ2) is 6.87. The maximum absolute atomic E-state index is 10.7. The van der Waals surface area contributed by atoms with Crippen LogP contribution in [-0.2, 0) is 9.59 Å². The summed E-state index contributed by atoms with van der Waals surface area (Å²) in [4.78, 5) is 20.9. The molecule has 0 saturated heterocycles. The van der Waals surface area contributed by atoms with Crippen LogP contribution < -0.4 is 16.8 Å². The highest BCUT2D eigenvalue weighted by atomic mass is 35.5. The molecule has 1 unspecified atom stereocenters. The van der Waals surface area contributed by atoms with E-state index in [1.54, 1.807) is 6.92 Å². The summed E-state index contributed by atoms with van der Waals surface area (Å²) in [7, 11) is 0.